The lowest BCUT2D eigenvalue weighted by atomic mass is 10.0. The van der Waals surface area contributed by atoms with E-state index in [0.717, 1.165) is 72.9 Å². The number of anilines is 1. The van der Waals surface area contributed by atoms with Gasteiger partial charge in [-0.05, 0) is 32.0 Å². The van der Waals surface area contributed by atoms with E-state index in [4.69, 9.17) is 20.4 Å². The number of imidazole rings is 1. The molecular weight excluding hydrogens is 488 g/mol. The number of rotatable bonds is 6. The van der Waals surface area contributed by atoms with Gasteiger partial charge in [-0.2, -0.15) is 0 Å². The van der Waals surface area contributed by atoms with Gasteiger partial charge in [0.25, 0.3) is 0 Å². The Labute approximate surface area is 219 Å². The van der Waals surface area contributed by atoms with E-state index in [1.807, 2.05) is 36.7 Å². The fourth-order valence-corrected chi connectivity index (χ4v) is 6.29. The number of morpholine rings is 1. The summed E-state index contributed by atoms with van der Waals surface area (Å²) in [6, 6.07) is 6.27. The van der Waals surface area contributed by atoms with Gasteiger partial charge >= 0.3 is 0 Å². The fraction of sp³-hybridized carbons (Fsp3) is 0.462. The van der Waals surface area contributed by atoms with Crippen LogP contribution >= 0.6 is 11.3 Å². The van der Waals surface area contributed by atoms with E-state index in [0.29, 0.717) is 19.0 Å². The number of ether oxygens (including phenoxy) is 1. The second kappa shape index (κ2) is 9.64. The van der Waals surface area contributed by atoms with Crippen molar-refractivity contribution >= 4 is 38.8 Å². The summed E-state index contributed by atoms with van der Waals surface area (Å²) in [6.07, 6.45) is 5.64. The first-order valence-electron chi connectivity index (χ1n) is 12.7. The van der Waals surface area contributed by atoms with Crippen LogP contribution in [-0.2, 0) is 16.1 Å². The third-order valence-corrected chi connectivity index (χ3v) is 8.66. The molecule has 194 valence electrons. The van der Waals surface area contributed by atoms with Crippen molar-refractivity contribution < 1.29 is 9.53 Å². The molecule has 11 heteroatoms. The fourth-order valence-electron chi connectivity index (χ4n) is 5.13. The van der Waals surface area contributed by atoms with Gasteiger partial charge in [-0.1, -0.05) is 0 Å². The van der Waals surface area contributed by atoms with Gasteiger partial charge < -0.3 is 19.8 Å². The molecule has 0 aliphatic carbocycles. The average molecular weight is 521 g/mol. The molecule has 0 atom stereocenters. The lowest BCUT2D eigenvalue weighted by Gasteiger charge is -2.42. The van der Waals surface area contributed by atoms with Crippen LogP contribution < -0.4 is 10.6 Å². The summed E-state index contributed by atoms with van der Waals surface area (Å²) in [5.41, 5.74) is 7.94. The number of pyridine rings is 1. The first-order chi connectivity index (χ1) is 17.9. The van der Waals surface area contributed by atoms with Crippen LogP contribution in [0.25, 0.3) is 27.1 Å². The number of hydrogen-bond donors (Lipinski definition) is 1. The second-order valence-electron chi connectivity index (χ2n) is 10.2. The summed E-state index contributed by atoms with van der Waals surface area (Å²) in [5, 5.41) is 0. The van der Waals surface area contributed by atoms with E-state index < -0.39 is 5.54 Å². The van der Waals surface area contributed by atoms with E-state index in [-0.39, 0.29) is 5.91 Å². The molecule has 0 saturated carbocycles. The Morgan fingerprint density at radius 3 is 2.68 bits per heavy atom. The largest absolute Gasteiger partial charge is 0.378 e. The molecular formula is C26H32N8O2S. The van der Waals surface area contributed by atoms with Gasteiger partial charge in [-0.3, -0.25) is 14.6 Å². The smallest absolute Gasteiger partial charge is 0.237 e. The average Bonchev–Trinajstić information content (AvgIpc) is 3.55. The van der Waals surface area contributed by atoms with Crippen molar-refractivity contribution in [3.63, 3.8) is 0 Å². The van der Waals surface area contributed by atoms with Crippen LogP contribution in [0.3, 0.4) is 0 Å². The highest BCUT2D eigenvalue weighted by Gasteiger charge is 2.34. The molecule has 10 nitrogen and oxygen atoms in total. The van der Waals surface area contributed by atoms with Crippen molar-refractivity contribution in [2.75, 3.05) is 57.4 Å². The van der Waals surface area contributed by atoms with Gasteiger partial charge in [0, 0.05) is 62.5 Å². The first-order valence-corrected chi connectivity index (χ1v) is 13.5. The normalized spacial score (nSPS) is 18.2. The topological polar surface area (TPSA) is 105 Å². The van der Waals surface area contributed by atoms with Gasteiger partial charge in [-0.25, -0.2) is 15.0 Å². The minimum absolute atomic E-state index is 0.276. The lowest BCUT2D eigenvalue weighted by Crippen LogP contribution is -2.59. The SMILES string of the molecule is CC(C)(C(N)=O)N1CCN(Cc2cc3nc(-c4cccn5cncc45)nc(N4CCOCC4)c3s2)CC1. The van der Waals surface area contributed by atoms with E-state index in [1.54, 1.807) is 17.7 Å². The zero-order valence-electron chi connectivity index (χ0n) is 21.3. The predicted octanol–water partition coefficient (Wildman–Crippen LogP) is 2.22. The summed E-state index contributed by atoms with van der Waals surface area (Å²) >= 11 is 1.78. The third-order valence-electron chi connectivity index (χ3n) is 7.55. The number of thiophene rings is 1. The number of carbonyl (C=O) groups is 1. The van der Waals surface area contributed by atoms with Crippen molar-refractivity contribution in [1.29, 1.82) is 0 Å². The number of primary amides is 1. The lowest BCUT2D eigenvalue weighted by molar-refractivity contribution is -0.129. The van der Waals surface area contributed by atoms with E-state index >= 15 is 0 Å². The summed E-state index contributed by atoms with van der Waals surface area (Å²) in [7, 11) is 0. The van der Waals surface area contributed by atoms with Crippen LogP contribution in [0.2, 0.25) is 0 Å². The number of fused-ring (bicyclic) bond motifs is 2. The first kappa shape index (κ1) is 24.2. The highest BCUT2D eigenvalue weighted by molar-refractivity contribution is 7.19. The number of piperazine rings is 1. The molecule has 0 aromatic carbocycles. The van der Waals surface area contributed by atoms with Crippen LogP contribution in [-0.4, -0.2) is 93.1 Å². The highest BCUT2D eigenvalue weighted by atomic mass is 32.1. The summed E-state index contributed by atoms with van der Waals surface area (Å²) in [5.74, 6) is 1.42. The summed E-state index contributed by atoms with van der Waals surface area (Å²) in [6.45, 7) is 11.1. The van der Waals surface area contributed by atoms with Crippen molar-refractivity contribution in [3.05, 3.63) is 41.8 Å². The quantitative estimate of drug-likeness (QED) is 0.413. The maximum atomic E-state index is 11.9. The van der Waals surface area contributed by atoms with Crippen molar-refractivity contribution in [3.8, 4) is 11.4 Å². The molecule has 37 heavy (non-hydrogen) atoms. The Morgan fingerprint density at radius 1 is 1.14 bits per heavy atom. The molecule has 2 N–H and O–H groups in total. The van der Waals surface area contributed by atoms with Gasteiger partial charge in [0.2, 0.25) is 5.91 Å². The maximum absolute atomic E-state index is 11.9. The number of carbonyl (C=O) groups excluding carboxylic acids is 1. The molecule has 6 heterocycles. The number of aromatic nitrogens is 4. The van der Waals surface area contributed by atoms with Crippen LogP contribution in [0, 0.1) is 0 Å². The monoisotopic (exact) mass is 520 g/mol. The van der Waals surface area contributed by atoms with Crippen molar-refractivity contribution in [2.24, 2.45) is 5.73 Å². The van der Waals surface area contributed by atoms with Crippen LogP contribution in [0.15, 0.2) is 36.9 Å². The standard InChI is InChI=1S/C26H32N8O2S/c1-26(2,25(27)35)34-8-6-31(7-9-34)16-18-14-20-22(37-18)24(32-10-12-36-13-11-32)30-23(29-20)19-4-3-5-33-17-28-15-21(19)33/h3-5,14-15,17H,6-13,16H2,1-2H3,(H2,27,35). The third kappa shape index (κ3) is 4.56. The molecule has 1 amide bonds. The molecule has 2 saturated heterocycles. The Hall–Kier alpha value is -3.12. The van der Waals surface area contributed by atoms with E-state index in [2.05, 4.69) is 31.8 Å². The van der Waals surface area contributed by atoms with Gasteiger partial charge in [0.05, 0.1) is 47.0 Å². The Morgan fingerprint density at radius 2 is 1.92 bits per heavy atom. The minimum Gasteiger partial charge on any atom is -0.378 e. The summed E-state index contributed by atoms with van der Waals surface area (Å²) in [4.78, 5) is 34.5. The molecule has 0 spiro atoms. The minimum atomic E-state index is -0.624. The van der Waals surface area contributed by atoms with Crippen LogP contribution in [0.4, 0.5) is 5.82 Å². The van der Waals surface area contributed by atoms with E-state index in [1.165, 1.54) is 4.88 Å². The maximum Gasteiger partial charge on any atom is 0.237 e. The number of amides is 1. The zero-order valence-corrected chi connectivity index (χ0v) is 22.1. The van der Waals surface area contributed by atoms with Crippen molar-refractivity contribution in [2.45, 2.75) is 25.9 Å². The molecule has 0 radical (unpaired) electrons. The van der Waals surface area contributed by atoms with Gasteiger partial charge in [0.15, 0.2) is 11.6 Å². The highest BCUT2D eigenvalue weighted by Crippen LogP contribution is 2.36. The number of nitrogens with zero attached hydrogens (tertiary/aromatic N) is 7. The van der Waals surface area contributed by atoms with Crippen molar-refractivity contribution in [1.82, 2.24) is 29.2 Å². The van der Waals surface area contributed by atoms with Crippen LogP contribution in [0.5, 0.6) is 0 Å². The molecule has 4 aromatic heterocycles. The molecule has 2 fully saturated rings. The number of hydrogen-bond acceptors (Lipinski definition) is 9. The zero-order chi connectivity index (χ0) is 25.6. The summed E-state index contributed by atoms with van der Waals surface area (Å²) < 4.78 is 8.73. The molecule has 2 aliphatic rings. The predicted molar refractivity (Wildman–Crippen MR) is 145 cm³/mol. The second-order valence-corrected chi connectivity index (χ2v) is 11.3. The molecule has 2 aliphatic heterocycles. The molecule has 0 unspecified atom stereocenters. The molecule has 4 aromatic rings. The molecule has 0 bridgehead atoms. The van der Waals surface area contributed by atoms with E-state index in [9.17, 15) is 4.79 Å². The van der Waals surface area contributed by atoms with Crippen LogP contribution in [0.1, 0.15) is 18.7 Å². The van der Waals surface area contributed by atoms with Gasteiger partial charge in [0.1, 0.15) is 0 Å². The number of nitrogens with two attached hydrogens (primary N) is 1. The Kier molecular flexibility index (Phi) is 6.31. The van der Waals surface area contributed by atoms with Gasteiger partial charge in [-0.15, -0.1) is 11.3 Å². The Balaban J connectivity index is 1.31. The molecule has 6 rings (SSSR count). The Bertz CT molecular complexity index is 1430.